The standard InChI is InChI=1S/C22H31BrN2O6SSi/c1-22(2,3)33(5,6)31-15-20(23)21(16-8-7-9-18(14-16)30-4)24-32(28,29)19-12-10-17(11-13-19)25(26)27/h7-14,20-21,24H,15H2,1-6H3/t20-,21+/m0/s1. The van der Waals surface area contributed by atoms with Gasteiger partial charge in [-0.05, 0) is 48.0 Å². The molecule has 0 fully saturated rings. The van der Waals surface area contributed by atoms with Crippen LogP contribution in [0.2, 0.25) is 18.1 Å². The van der Waals surface area contributed by atoms with E-state index in [1.165, 1.54) is 24.3 Å². The maximum Gasteiger partial charge on any atom is 0.269 e. The van der Waals surface area contributed by atoms with Crippen LogP contribution in [0.5, 0.6) is 5.75 Å². The molecule has 2 aromatic rings. The molecule has 0 saturated heterocycles. The third kappa shape index (κ3) is 7.09. The molecule has 1 N–H and O–H groups in total. The van der Waals surface area contributed by atoms with Gasteiger partial charge in [0.1, 0.15) is 5.75 Å². The van der Waals surface area contributed by atoms with Crippen LogP contribution >= 0.6 is 15.9 Å². The lowest BCUT2D eigenvalue weighted by atomic mass is 10.0. The lowest BCUT2D eigenvalue weighted by molar-refractivity contribution is -0.384. The summed E-state index contributed by atoms with van der Waals surface area (Å²) >= 11 is 3.64. The van der Waals surface area contributed by atoms with Crippen molar-refractivity contribution in [2.45, 2.75) is 54.7 Å². The average Bonchev–Trinajstić information content (AvgIpc) is 2.75. The summed E-state index contributed by atoms with van der Waals surface area (Å²) in [6, 6.07) is 11.2. The van der Waals surface area contributed by atoms with Crippen molar-refractivity contribution < 1.29 is 22.5 Å². The number of ether oxygens (including phenoxy) is 1. The quantitative estimate of drug-likeness (QED) is 0.181. The van der Waals surface area contributed by atoms with Gasteiger partial charge in [-0.2, -0.15) is 0 Å². The number of sulfonamides is 1. The monoisotopic (exact) mass is 558 g/mol. The number of halogens is 1. The third-order valence-corrected chi connectivity index (χ3v) is 12.6. The second-order valence-corrected chi connectivity index (χ2v) is 16.9. The van der Waals surface area contributed by atoms with Crippen LogP contribution in [-0.4, -0.2) is 40.2 Å². The van der Waals surface area contributed by atoms with Crippen molar-refractivity contribution in [3.05, 3.63) is 64.2 Å². The Hall–Kier alpha value is -1.79. The van der Waals surface area contributed by atoms with Gasteiger partial charge in [0.2, 0.25) is 10.0 Å². The Morgan fingerprint density at radius 2 is 1.76 bits per heavy atom. The van der Waals surface area contributed by atoms with Gasteiger partial charge < -0.3 is 9.16 Å². The van der Waals surface area contributed by atoms with Crippen LogP contribution < -0.4 is 9.46 Å². The molecule has 0 aliphatic rings. The molecule has 2 aromatic carbocycles. The van der Waals surface area contributed by atoms with Crippen LogP contribution in [0.25, 0.3) is 0 Å². The second-order valence-electron chi connectivity index (χ2n) is 9.21. The van der Waals surface area contributed by atoms with Crippen molar-refractivity contribution >= 4 is 40.0 Å². The van der Waals surface area contributed by atoms with Gasteiger partial charge in [0, 0.05) is 18.7 Å². The lowest BCUT2D eigenvalue weighted by Crippen LogP contribution is -2.44. The highest BCUT2D eigenvalue weighted by atomic mass is 79.9. The Kier molecular flexibility index (Phi) is 8.85. The first-order chi connectivity index (χ1) is 15.2. The van der Waals surface area contributed by atoms with Crippen molar-refractivity contribution in [3.63, 3.8) is 0 Å². The first kappa shape index (κ1) is 27.5. The molecule has 0 aromatic heterocycles. The third-order valence-electron chi connectivity index (χ3n) is 5.86. The number of benzene rings is 2. The van der Waals surface area contributed by atoms with E-state index in [0.29, 0.717) is 17.9 Å². The van der Waals surface area contributed by atoms with E-state index >= 15 is 0 Å². The number of nitrogens with one attached hydrogen (secondary N) is 1. The van der Waals surface area contributed by atoms with Gasteiger partial charge in [-0.25, -0.2) is 13.1 Å². The Balaban J connectivity index is 2.37. The van der Waals surface area contributed by atoms with Crippen molar-refractivity contribution in [2.75, 3.05) is 13.7 Å². The van der Waals surface area contributed by atoms with Crippen LogP contribution in [0.3, 0.4) is 0 Å². The van der Waals surface area contributed by atoms with Crippen molar-refractivity contribution in [1.82, 2.24) is 4.72 Å². The van der Waals surface area contributed by atoms with Gasteiger partial charge >= 0.3 is 0 Å². The summed E-state index contributed by atoms with van der Waals surface area (Å²) in [5, 5.41) is 10.9. The van der Waals surface area contributed by atoms with Gasteiger partial charge in [-0.3, -0.25) is 10.1 Å². The fourth-order valence-electron chi connectivity index (χ4n) is 2.77. The summed E-state index contributed by atoms with van der Waals surface area (Å²) in [4.78, 5) is 9.89. The van der Waals surface area contributed by atoms with E-state index in [1.54, 1.807) is 25.3 Å². The van der Waals surface area contributed by atoms with Crippen molar-refractivity contribution in [1.29, 1.82) is 0 Å². The van der Waals surface area contributed by atoms with E-state index in [4.69, 9.17) is 9.16 Å². The van der Waals surface area contributed by atoms with Crippen LogP contribution in [0.4, 0.5) is 5.69 Å². The van der Waals surface area contributed by atoms with E-state index in [2.05, 4.69) is 54.5 Å². The molecule has 0 heterocycles. The summed E-state index contributed by atoms with van der Waals surface area (Å²) in [5.74, 6) is 0.594. The largest absolute Gasteiger partial charge is 0.497 e. The number of methoxy groups -OCH3 is 1. The van der Waals surface area contributed by atoms with Crippen LogP contribution in [-0.2, 0) is 14.4 Å². The number of nitro groups is 1. The molecule has 2 rings (SSSR count). The normalized spacial score (nSPS) is 14.5. The van der Waals surface area contributed by atoms with E-state index in [-0.39, 0.29) is 20.4 Å². The van der Waals surface area contributed by atoms with Gasteiger partial charge in [0.25, 0.3) is 5.69 Å². The Morgan fingerprint density at radius 3 is 2.27 bits per heavy atom. The molecule has 0 radical (unpaired) electrons. The topological polar surface area (TPSA) is 108 Å². The van der Waals surface area contributed by atoms with Crippen LogP contribution in [0.1, 0.15) is 32.4 Å². The summed E-state index contributed by atoms with van der Waals surface area (Å²) in [5.41, 5.74) is 0.514. The van der Waals surface area contributed by atoms with Crippen molar-refractivity contribution in [3.8, 4) is 5.75 Å². The predicted octanol–water partition coefficient (Wildman–Crippen LogP) is 5.41. The Bertz CT molecular complexity index is 1070. The highest BCUT2D eigenvalue weighted by Crippen LogP contribution is 2.38. The number of hydrogen-bond acceptors (Lipinski definition) is 6. The first-order valence-electron chi connectivity index (χ1n) is 10.4. The number of non-ortho nitro benzene ring substituents is 1. The summed E-state index contributed by atoms with van der Waals surface area (Å²) in [6.07, 6.45) is 0. The molecule has 182 valence electrons. The second kappa shape index (κ2) is 10.6. The number of nitro benzene ring substituents is 1. The first-order valence-corrected chi connectivity index (χ1v) is 15.7. The molecule has 0 aliphatic heterocycles. The predicted molar refractivity (Wildman–Crippen MR) is 135 cm³/mol. The van der Waals surface area contributed by atoms with E-state index < -0.39 is 29.3 Å². The number of hydrogen-bond donors (Lipinski definition) is 1. The van der Waals surface area contributed by atoms with Gasteiger partial charge in [0.15, 0.2) is 8.32 Å². The molecule has 0 saturated carbocycles. The van der Waals surface area contributed by atoms with Crippen LogP contribution in [0.15, 0.2) is 53.4 Å². The number of alkyl halides is 1. The molecule has 2 atom stereocenters. The molecule has 0 bridgehead atoms. The Morgan fingerprint density at radius 1 is 1.15 bits per heavy atom. The minimum atomic E-state index is -3.98. The summed E-state index contributed by atoms with van der Waals surface area (Å²) < 4.78 is 40.7. The highest BCUT2D eigenvalue weighted by molar-refractivity contribution is 9.09. The Labute approximate surface area is 205 Å². The fourth-order valence-corrected chi connectivity index (χ4v) is 6.05. The zero-order valence-electron chi connectivity index (χ0n) is 19.7. The molecular formula is C22H31BrN2O6SSi. The number of nitrogens with zero attached hydrogens (tertiary/aromatic N) is 1. The van der Waals surface area contributed by atoms with Gasteiger partial charge in [-0.1, -0.05) is 48.8 Å². The molecule has 0 aliphatic carbocycles. The van der Waals surface area contributed by atoms with Crippen molar-refractivity contribution in [2.24, 2.45) is 0 Å². The summed E-state index contributed by atoms with van der Waals surface area (Å²) in [6.45, 7) is 11.0. The van der Waals surface area contributed by atoms with E-state index in [0.717, 1.165) is 0 Å². The fraction of sp³-hybridized carbons (Fsp3) is 0.455. The SMILES string of the molecule is COc1cccc([C@@H](NS(=O)(=O)c2ccc([N+](=O)[O-])cc2)[C@@H](Br)CO[Si](C)(C)C(C)(C)C)c1. The van der Waals surface area contributed by atoms with Gasteiger partial charge in [0.05, 0.1) is 27.8 Å². The smallest absolute Gasteiger partial charge is 0.269 e. The van der Waals surface area contributed by atoms with Crippen LogP contribution in [0, 0.1) is 10.1 Å². The molecule has 0 unspecified atom stereocenters. The minimum Gasteiger partial charge on any atom is -0.497 e. The zero-order chi connectivity index (χ0) is 25.0. The number of rotatable bonds is 10. The maximum absolute atomic E-state index is 13.2. The molecular weight excluding hydrogens is 528 g/mol. The molecule has 33 heavy (non-hydrogen) atoms. The molecule has 11 heteroatoms. The molecule has 8 nitrogen and oxygen atoms in total. The maximum atomic E-state index is 13.2. The van der Waals surface area contributed by atoms with E-state index in [1.807, 2.05) is 6.07 Å². The van der Waals surface area contributed by atoms with E-state index in [9.17, 15) is 18.5 Å². The average molecular weight is 560 g/mol. The highest BCUT2D eigenvalue weighted by Gasteiger charge is 2.38. The lowest BCUT2D eigenvalue weighted by Gasteiger charge is -2.37. The summed E-state index contributed by atoms with van der Waals surface area (Å²) in [7, 11) is -4.51. The molecule has 0 spiro atoms. The van der Waals surface area contributed by atoms with Gasteiger partial charge in [-0.15, -0.1) is 0 Å². The zero-order valence-corrected chi connectivity index (χ0v) is 23.1. The minimum absolute atomic E-state index is 0.00342. The molecule has 0 amide bonds.